The molecule has 0 saturated heterocycles. The van der Waals surface area contributed by atoms with Crippen molar-refractivity contribution in [3.8, 4) is 17.2 Å². The zero-order valence-electron chi connectivity index (χ0n) is 23.8. The maximum Gasteiger partial charge on any atom is 0.341 e. The number of allylic oxidation sites excluding steroid dienone is 1. The van der Waals surface area contributed by atoms with E-state index in [1.54, 1.807) is 39.0 Å². The third-order valence-electron chi connectivity index (χ3n) is 6.06. The van der Waals surface area contributed by atoms with Crippen LogP contribution < -0.4 is 29.1 Å². The molecule has 0 aliphatic carbocycles. The summed E-state index contributed by atoms with van der Waals surface area (Å²) in [6.07, 6.45) is 1.55. The Balaban J connectivity index is 1.92. The van der Waals surface area contributed by atoms with Crippen LogP contribution >= 0.6 is 27.3 Å². The molecule has 2 aromatic carbocycles. The monoisotopic (exact) mass is 658 g/mol. The third-order valence-corrected chi connectivity index (χ3v) is 7.63. The smallest absolute Gasteiger partial charge is 0.341 e. The van der Waals surface area contributed by atoms with Crippen molar-refractivity contribution in [2.24, 2.45) is 4.99 Å². The van der Waals surface area contributed by atoms with Crippen molar-refractivity contribution in [1.29, 1.82) is 0 Å². The minimum atomic E-state index is -1.12. The number of carboxylic acid groups (broad SMARTS) is 1. The van der Waals surface area contributed by atoms with E-state index in [0.717, 1.165) is 0 Å². The number of para-hydroxylation sites is 1. The van der Waals surface area contributed by atoms with Gasteiger partial charge in [0.25, 0.3) is 5.56 Å². The van der Waals surface area contributed by atoms with Crippen LogP contribution in [-0.2, 0) is 14.3 Å². The fraction of sp³-hybridized carbons (Fsp3) is 0.333. The zero-order chi connectivity index (χ0) is 30.6. The molecule has 4 rings (SSSR count). The van der Waals surface area contributed by atoms with Crippen molar-refractivity contribution in [1.82, 2.24) is 4.57 Å². The Morgan fingerprint density at radius 1 is 1.14 bits per heavy atom. The number of halogens is 1. The number of aliphatic carboxylic acids is 1. The highest BCUT2D eigenvalue weighted by atomic mass is 79.9. The maximum absolute atomic E-state index is 14.0. The van der Waals surface area contributed by atoms with Gasteiger partial charge in [-0.25, -0.2) is 14.6 Å². The van der Waals surface area contributed by atoms with Crippen LogP contribution in [0.15, 0.2) is 61.9 Å². The first-order valence-electron chi connectivity index (χ1n) is 13.3. The van der Waals surface area contributed by atoms with Crippen molar-refractivity contribution < 1.29 is 33.6 Å². The lowest BCUT2D eigenvalue weighted by molar-refractivity contribution is -0.140. The average molecular weight is 660 g/mol. The van der Waals surface area contributed by atoms with E-state index in [9.17, 15) is 14.4 Å². The van der Waals surface area contributed by atoms with Gasteiger partial charge in [-0.15, -0.1) is 0 Å². The summed E-state index contributed by atoms with van der Waals surface area (Å²) in [5.41, 5.74) is 1.61. The summed E-state index contributed by atoms with van der Waals surface area (Å²) in [5.74, 6) is -0.563. The molecule has 2 heterocycles. The van der Waals surface area contributed by atoms with Crippen molar-refractivity contribution in [2.75, 3.05) is 19.8 Å². The molecular weight excluding hydrogens is 628 g/mol. The minimum Gasteiger partial charge on any atom is -0.491 e. The molecule has 3 aromatic rings. The van der Waals surface area contributed by atoms with E-state index in [1.807, 2.05) is 38.1 Å². The highest BCUT2D eigenvalue weighted by Crippen LogP contribution is 2.38. The molecule has 42 heavy (non-hydrogen) atoms. The first-order chi connectivity index (χ1) is 20.0. The number of benzene rings is 2. The number of carboxylic acids is 1. The lowest BCUT2D eigenvalue weighted by atomic mass is 9.95. The summed E-state index contributed by atoms with van der Waals surface area (Å²) in [6.45, 7) is 8.99. The van der Waals surface area contributed by atoms with E-state index in [4.69, 9.17) is 24.1 Å². The Bertz CT molecular complexity index is 1720. The second-order valence-corrected chi connectivity index (χ2v) is 11.3. The number of carbonyl (C=O) groups excluding carboxylic acids is 1. The van der Waals surface area contributed by atoms with E-state index >= 15 is 0 Å². The van der Waals surface area contributed by atoms with Gasteiger partial charge in [-0.3, -0.25) is 9.36 Å². The van der Waals surface area contributed by atoms with Gasteiger partial charge in [0.1, 0.15) is 11.8 Å². The van der Waals surface area contributed by atoms with Gasteiger partial charge in [0.15, 0.2) is 22.9 Å². The lowest BCUT2D eigenvalue weighted by Crippen LogP contribution is -2.40. The molecule has 12 heteroatoms. The van der Waals surface area contributed by atoms with E-state index in [2.05, 4.69) is 20.9 Å². The van der Waals surface area contributed by atoms with Gasteiger partial charge in [-0.2, -0.15) is 0 Å². The van der Waals surface area contributed by atoms with Crippen molar-refractivity contribution in [3.63, 3.8) is 0 Å². The maximum atomic E-state index is 14.0. The number of fused-ring (bicyclic) bond motifs is 1. The molecule has 0 amide bonds. The van der Waals surface area contributed by atoms with Gasteiger partial charge in [0.05, 0.1) is 39.6 Å². The molecule has 0 spiro atoms. The normalized spacial score (nSPS) is 14.8. The lowest BCUT2D eigenvalue weighted by Gasteiger charge is -2.26. The Hall–Kier alpha value is -3.90. The molecular formula is C30H31BrN2O8S. The quantitative estimate of drug-likeness (QED) is 0.304. The van der Waals surface area contributed by atoms with Crippen molar-refractivity contribution in [2.45, 2.75) is 46.8 Å². The second-order valence-electron chi connectivity index (χ2n) is 9.45. The first-order valence-corrected chi connectivity index (χ1v) is 14.9. The molecule has 0 saturated carbocycles. The van der Waals surface area contributed by atoms with Gasteiger partial charge >= 0.3 is 11.9 Å². The number of ether oxygens (including phenoxy) is 4. The number of rotatable bonds is 11. The number of hydrogen-bond donors (Lipinski definition) is 1. The van der Waals surface area contributed by atoms with E-state index in [1.165, 1.54) is 15.9 Å². The number of aromatic nitrogens is 1. The van der Waals surface area contributed by atoms with Crippen LogP contribution in [-0.4, -0.2) is 47.5 Å². The van der Waals surface area contributed by atoms with Crippen LogP contribution in [0.5, 0.6) is 17.2 Å². The van der Waals surface area contributed by atoms with Crippen LogP contribution in [0.2, 0.25) is 0 Å². The molecule has 1 N–H and O–H groups in total. The molecule has 1 aromatic heterocycles. The highest BCUT2D eigenvalue weighted by Gasteiger charge is 2.35. The van der Waals surface area contributed by atoms with Crippen LogP contribution in [0.1, 0.15) is 51.8 Å². The number of esters is 1. The molecule has 0 radical (unpaired) electrons. The fourth-order valence-corrected chi connectivity index (χ4v) is 6.13. The SMILES string of the molecule is CCOC(=O)C1=C(C)N=c2s/c(=C/c3cc(Br)c(OCC(=O)O)c(OCC)c3)c(=O)n2[C@@H]1c1ccccc1OC(C)C. The van der Waals surface area contributed by atoms with E-state index in [-0.39, 0.29) is 29.6 Å². The van der Waals surface area contributed by atoms with Crippen LogP contribution in [0.4, 0.5) is 0 Å². The zero-order valence-corrected chi connectivity index (χ0v) is 26.2. The number of carbonyl (C=O) groups is 2. The van der Waals surface area contributed by atoms with E-state index < -0.39 is 24.6 Å². The summed E-state index contributed by atoms with van der Waals surface area (Å²) in [4.78, 5) is 43.4. The van der Waals surface area contributed by atoms with Crippen LogP contribution in [0.25, 0.3) is 6.08 Å². The van der Waals surface area contributed by atoms with Crippen LogP contribution in [0.3, 0.4) is 0 Å². The Kier molecular flexibility index (Phi) is 9.89. The number of thiazole rings is 1. The van der Waals surface area contributed by atoms with Gasteiger partial charge in [0, 0.05) is 5.56 Å². The molecule has 0 bridgehead atoms. The molecule has 1 aliphatic rings. The molecule has 1 aliphatic heterocycles. The number of hydrogen-bond acceptors (Lipinski definition) is 9. The predicted octanol–water partition coefficient (Wildman–Crippen LogP) is 4.21. The summed E-state index contributed by atoms with van der Waals surface area (Å²) >= 11 is 4.62. The van der Waals surface area contributed by atoms with Crippen molar-refractivity contribution in [3.05, 3.63) is 83.0 Å². The molecule has 0 fully saturated rings. The topological polar surface area (TPSA) is 126 Å². The molecule has 0 unspecified atom stereocenters. The average Bonchev–Trinajstić information content (AvgIpc) is 3.21. The summed E-state index contributed by atoms with van der Waals surface area (Å²) < 4.78 is 24.9. The molecule has 10 nitrogen and oxygen atoms in total. The highest BCUT2D eigenvalue weighted by molar-refractivity contribution is 9.10. The Labute approximate surface area is 254 Å². The standard InChI is InChI=1S/C30H31BrN2O8S/c1-6-38-22-13-18(12-20(31)27(22)40-15-24(34)35)14-23-28(36)33-26(19-10-8-9-11-21(19)41-16(3)4)25(29(37)39-7-2)17(5)32-30(33)42-23/h8-14,16,26H,6-7,15H2,1-5H3,(H,34,35)/b23-14+/t26-/m1/s1. The summed E-state index contributed by atoms with van der Waals surface area (Å²) in [5, 5.41) is 9.04. The Morgan fingerprint density at radius 3 is 2.55 bits per heavy atom. The van der Waals surface area contributed by atoms with Crippen molar-refractivity contribution >= 4 is 45.3 Å². The number of nitrogens with zero attached hydrogens (tertiary/aromatic N) is 2. The third kappa shape index (κ3) is 6.60. The van der Waals surface area contributed by atoms with Gasteiger partial charge in [-0.05, 0) is 80.4 Å². The van der Waals surface area contributed by atoms with Gasteiger partial charge < -0.3 is 24.1 Å². The first kappa shape index (κ1) is 31.0. The Morgan fingerprint density at radius 2 is 1.88 bits per heavy atom. The van der Waals surface area contributed by atoms with Gasteiger partial charge in [0.2, 0.25) is 0 Å². The minimum absolute atomic E-state index is 0.140. The van der Waals surface area contributed by atoms with Gasteiger partial charge in [-0.1, -0.05) is 29.5 Å². The fourth-order valence-electron chi connectivity index (χ4n) is 4.51. The summed E-state index contributed by atoms with van der Waals surface area (Å²) in [6, 6.07) is 9.86. The second kappa shape index (κ2) is 13.4. The summed E-state index contributed by atoms with van der Waals surface area (Å²) in [7, 11) is 0. The molecule has 222 valence electrons. The van der Waals surface area contributed by atoms with E-state index in [0.29, 0.717) is 48.7 Å². The van der Waals surface area contributed by atoms with Crippen LogP contribution in [0, 0.1) is 0 Å². The largest absolute Gasteiger partial charge is 0.491 e. The molecule has 1 atom stereocenters. The predicted molar refractivity (Wildman–Crippen MR) is 161 cm³/mol.